The first kappa shape index (κ1) is 15.4. The van der Waals surface area contributed by atoms with Crippen molar-refractivity contribution in [2.75, 3.05) is 31.7 Å². The molecule has 6 nitrogen and oxygen atoms in total. The maximum atomic E-state index is 12.3. The standard InChI is InChI=1S/C14H18N4O2S/c1-10-2-4-11(5-3-10)16-17-12(13(15)21)14(19)18-6-8-20-9-7-18/h2-5,16H,6-9H2,1H3,(H2,15,21). The summed E-state index contributed by atoms with van der Waals surface area (Å²) in [5, 5.41) is 4.07. The average molecular weight is 306 g/mol. The third-order valence-electron chi connectivity index (χ3n) is 3.08. The van der Waals surface area contributed by atoms with Crippen molar-refractivity contribution in [2.45, 2.75) is 6.92 Å². The van der Waals surface area contributed by atoms with E-state index in [0.29, 0.717) is 26.3 Å². The van der Waals surface area contributed by atoms with Crippen LogP contribution >= 0.6 is 12.2 Å². The molecule has 1 amide bonds. The molecule has 7 heteroatoms. The second-order valence-corrected chi connectivity index (χ2v) is 5.15. The van der Waals surface area contributed by atoms with Gasteiger partial charge in [0.15, 0.2) is 5.71 Å². The van der Waals surface area contributed by atoms with Gasteiger partial charge in [0.2, 0.25) is 0 Å². The van der Waals surface area contributed by atoms with Crippen LogP contribution in [0.4, 0.5) is 5.69 Å². The molecule has 0 bridgehead atoms. The summed E-state index contributed by atoms with van der Waals surface area (Å²) >= 11 is 4.93. The highest BCUT2D eigenvalue weighted by Crippen LogP contribution is 2.09. The number of hydrogen-bond donors (Lipinski definition) is 2. The van der Waals surface area contributed by atoms with E-state index in [1.807, 2.05) is 31.2 Å². The molecule has 1 fully saturated rings. The second-order valence-electron chi connectivity index (χ2n) is 4.71. The molecule has 0 spiro atoms. The quantitative estimate of drug-likeness (QED) is 0.491. The Morgan fingerprint density at radius 3 is 2.52 bits per heavy atom. The number of morpholine rings is 1. The number of hydrogen-bond acceptors (Lipinski definition) is 5. The van der Waals surface area contributed by atoms with E-state index in [1.54, 1.807) is 4.90 Å². The van der Waals surface area contributed by atoms with Gasteiger partial charge in [-0.2, -0.15) is 5.10 Å². The Bertz CT molecular complexity index is 551. The summed E-state index contributed by atoms with van der Waals surface area (Å²) in [5.74, 6) is -0.273. The molecule has 21 heavy (non-hydrogen) atoms. The summed E-state index contributed by atoms with van der Waals surface area (Å²) < 4.78 is 5.22. The van der Waals surface area contributed by atoms with Gasteiger partial charge in [-0.1, -0.05) is 29.9 Å². The molecule has 0 unspecified atom stereocenters. The molecule has 0 saturated carbocycles. The number of carbonyl (C=O) groups excluding carboxylic acids is 1. The number of benzene rings is 1. The third kappa shape index (κ3) is 4.24. The van der Waals surface area contributed by atoms with E-state index >= 15 is 0 Å². The number of nitrogens with two attached hydrogens (primary N) is 1. The zero-order valence-corrected chi connectivity index (χ0v) is 12.7. The Balaban J connectivity index is 2.10. The van der Waals surface area contributed by atoms with Gasteiger partial charge in [0, 0.05) is 13.1 Å². The fraction of sp³-hybridized carbons (Fsp3) is 0.357. The number of ether oxygens (including phenoxy) is 1. The van der Waals surface area contributed by atoms with Crippen LogP contribution in [0.3, 0.4) is 0 Å². The highest BCUT2D eigenvalue weighted by molar-refractivity contribution is 7.82. The maximum Gasteiger partial charge on any atom is 0.277 e. The normalized spacial score (nSPS) is 15.7. The molecule has 3 N–H and O–H groups in total. The lowest BCUT2D eigenvalue weighted by atomic mass is 10.2. The molecule has 1 heterocycles. The first-order valence-electron chi connectivity index (χ1n) is 6.65. The summed E-state index contributed by atoms with van der Waals surface area (Å²) in [6.45, 7) is 4.06. The largest absolute Gasteiger partial charge is 0.388 e. The Kier molecular flexibility index (Phi) is 5.24. The van der Waals surface area contributed by atoms with Crippen LogP contribution in [-0.4, -0.2) is 47.8 Å². The monoisotopic (exact) mass is 306 g/mol. The summed E-state index contributed by atoms with van der Waals surface area (Å²) in [5.41, 5.74) is 10.4. The minimum atomic E-state index is -0.273. The number of aryl methyl sites for hydroxylation is 1. The Hall–Kier alpha value is -1.99. The first-order valence-corrected chi connectivity index (χ1v) is 7.06. The van der Waals surface area contributed by atoms with E-state index in [2.05, 4.69) is 10.5 Å². The van der Waals surface area contributed by atoms with Gasteiger partial charge in [0.25, 0.3) is 5.91 Å². The van der Waals surface area contributed by atoms with Crippen LogP contribution in [0.15, 0.2) is 29.4 Å². The molecule has 1 aliphatic rings. The topological polar surface area (TPSA) is 80.0 Å². The van der Waals surface area contributed by atoms with Crippen LogP contribution in [0.25, 0.3) is 0 Å². The Morgan fingerprint density at radius 1 is 1.33 bits per heavy atom. The van der Waals surface area contributed by atoms with Gasteiger partial charge in [-0.05, 0) is 19.1 Å². The maximum absolute atomic E-state index is 12.3. The van der Waals surface area contributed by atoms with Crippen LogP contribution in [0.2, 0.25) is 0 Å². The Labute approximate surface area is 128 Å². The van der Waals surface area contributed by atoms with Crippen molar-refractivity contribution >= 4 is 34.5 Å². The minimum absolute atomic E-state index is 0.0221. The molecule has 0 radical (unpaired) electrons. The molecule has 112 valence electrons. The summed E-state index contributed by atoms with van der Waals surface area (Å²) in [6.07, 6.45) is 0. The highest BCUT2D eigenvalue weighted by Gasteiger charge is 2.23. The SMILES string of the molecule is Cc1ccc(NN=C(C(=O)N2CCOCC2)C(N)=S)cc1. The fourth-order valence-corrected chi connectivity index (χ4v) is 2.01. The van der Waals surface area contributed by atoms with Crippen molar-refractivity contribution in [1.29, 1.82) is 0 Å². The molecule has 0 aliphatic carbocycles. The van der Waals surface area contributed by atoms with Gasteiger partial charge in [0.05, 0.1) is 18.9 Å². The van der Waals surface area contributed by atoms with Gasteiger partial charge in [0.1, 0.15) is 4.99 Å². The van der Waals surface area contributed by atoms with Crippen LogP contribution in [0, 0.1) is 6.92 Å². The predicted octanol–water partition coefficient (Wildman–Crippen LogP) is 0.908. The molecule has 1 aromatic carbocycles. The lowest BCUT2D eigenvalue weighted by Crippen LogP contribution is -2.47. The van der Waals surface area contributed by atoms with E-state index < -0.39 is 0 Å². The lowest BCUT2D eigenvalue weighted by molar-refractivity contribution is -0.127. The zero-order chi connectivity index (χ0) is 15.2. The van der Waals surface area contributed by atoms with Gasteiger partial charge in [-0.15, -0.1) is 0 Å². The van der Waals surface area contributed by atoms with E-state index in [4.69, 9.17) is 22.7 Å². The van der Waals surface area contributed by atoms with Crippen LogP contribution in [0.5, 0.6) is 0 Å². The molecule has 1 aromatic rings. The van der Waals surface area contributed by atoms with Crippen molar-refractivity contribution in [2.24, 2.45) is 10.8 Å². The molecular weight excluding hydrogens is 288 g/mol. The Morgan fingerprint density at radius 2 is 1.95 bits per heavy atom. The molecule has 1 aliphatic heterocycles. The number of amides is 1. The van der Waals surface area contributed by atoms with Gasteiger partial charge >= 0.3 is 0 Å². The summed E-state index contributed by atoms with van der Waals surface area (Å²) in [6, 6.07) is 7.63. The number of hydrazone groups is 1. The van der Waals surface area contributed by atoms with Crippen molar-refractivity contribution in [3.05, 3.63) is 29.8 Å². The first-order chi connectivity index (χ1) is 10.1. The van der Waals surface area contributed by atoms with E-state index in [1.165, 1.54) is 0 Å². The molecule has 2 rings (SSSR count). The van der Waals surface area contributed by atoms with Crippen molar-refractivity contribution < 1.29 is 9.53 Å². The number of carbonyl (C=O) groups is 1. The number of nitrogens with zero attached hydrogens (tertiary/aromatic N) is 2. The fourth-order valence-electron chi connectivity index (χ4n) is 1.87. The van der Waals surface area contributed by atoms with E-state index in [-0.39, 0.29) is 16.6 Å². The van der Waals surface area contributed by atoms with Gasteiger partial charge in [-0.25, -0.2) is 0 Å². The van der Waals surface area contributed by atoms with Crippen molar-refractivity contribution in [1.82, 2.24) is 4.90 Å². The highest BCUT2D eigenvalue weighted by atomic mass is 32.1. The molecule has 0 atom stereocenters. The molecule has 0 aromatic heterocycles. The van der Waals surface area contributed by atoms with Crippen LogP contribution in [-0.2, 0) is 9.53 Å². The number of nitrogens with one attached hydrogen (secondary N) is 1. The van der Waals surface area contributed by atoms with Crippen LogP contribution < -0.4 is 11.2 Å². The molecular formula is C14H18N4O2S. The van der Waals surface area contributed by atoms with E-state index in [0.717, 1.165) is 11.3 Å². The lowest BCUT2D eigenvalue weighted by Gasteiger charge is -2.26. The second kappa shape index (κ2) is 7.14. The van der Waals surface area contributed by atoms with E-state index in [9.17, 15) is 4.79 Å². The van der Waals surface area contributed by atoms with Gasteiger partial charge in [-0.3, -0.25) is 10.2 Å². The molecule has 1 saturated heterocycles. The number of thiocarbonyl (C=S) groups is 1. The van der Waals surface area contributed by atoms with Crippen LogP contribution in [0.1, 0.15) is 5.56 Å². The zero-order valence-electron chi connectivity index (χ0n) is 11.8. The van der Waals surface area contributed by atoms with Gasteiger partial charge < -0.3 is 15.4 Å². The smallest absolute Gasteiger partial charge is 0.277 e. The van der Waals surface area contributed by atoms with Crippen molar-refractivity contribution in [3.8, 4) is 0 Å². The average Bonchev–Trinajstić information content (AvgIpc) is 2.49. The predicted molar refractivity (Wildman–Crippen MR) is 86.4 cm³/mol. The summed E-state index contributed by atoms with van der Waals surface area (Å²) in [7, 11) is 0. The van der Waals surface area contributed by atoms with Crippen molar-refractivity contribution in [3.63, 3.8) is 0 Å². The summed E-state index contributed by atoms with van der Waals surface area (Å²) in [4.78, 5) is 14.0. The third-order valence-corrected chi connectivity index (χ3v) is 3.28. The number of rotatable bonds is 4. The minimum Gasteiger partial charge on any atom is -0.388 e. The number of anilines is 1.